The summed E-state index contributed by atoms with van der Waals surface area (Å²) in [6, 6.07) is 2.94. The number of sulfonamides is 1. The van der Waals surface area contributed by atoms with Gasteiger partial charge in [0.15, 0.2) is 5.75 Å². The third-order valence-electron chi connectivity index (χ3n) is 3.71. The summed E-state index contributed by atoms with van der Waals surface area (Å²) in [5.74, 6) is -0.581. The number of hydrogen-bond donors (Lipinski definition) is 2. The number of hydrogen-bond acceptors (Lipinski definition) is 6. The van der Waals surface area contributed by atoms with Crippen LogP contribution in [0.2, 0.25) is 0 Å². The van der Waals surface area contributed by atoms with E-state index in [0.29, 0.717) is 13.0 Å². The zero-order valence-corrected chi connectivity index (χ0v) is 12.4. The van der Waals surface area contributed by atoms with Gasteiger partial charge in [-0.3, -0.25) is 10.1 Å². The predicted octanol–water partition coefficient (Wildman–Crippen LogP) is 1.15. The molecule has 0 spiro atoms. The molecule has 21 heavy (non-hydrogen) atoms. The van der Waals surface area contributed by atoms with Gasteiger partial charge in [-0.1, -0.05) is 0 Å². The van der Waals surface area contributed by atoms with E-state index >= 15 is 0 Å². The summed E-state index contributed by atoms with van der Waals surface area (Å²) in [5.41, 5.74) is -1.43. The predicted molar refractivity (Wildman–Crippen MR) is 73.5 cm³/mol. The minimum atomic E-state index is -3.95. The van der Waals surface area contributed by atoms with Gasteiger partial charge in [-0.05, 0) is 32.4 Å². The molecule has 2 atom stereocenters. The Bertz CT molecular complexity index is 674. The lowest BCUT2D eigenvalue weighted by molar-refractivity contribution is -0.386. The first-order valence-corrected chi connectivity index (χ1v) is 7.77. The van der Waals surface area contributed by atoms with Gasteiger partial charge < -0.3 is 9.84 Å². The van der Waals surface area contributed by atoms with Crippen molar-refractivity contribution in [2.75, 3.05) is 6.61 Å². The highest BCUT2D eigenvalue weighted by molar-refractivity contribution is 7.89. The van der Waals surface area contributed by atoms with E-state index < -0.39 is 31.9 Å². The largest absolute Gasteiger partial charge is 0.502 e. The molecule has 1 aromatic carbocycles. The normalized spacial score (nSPS) is 25.9. The van der Waals surface area contributed by atoms with E-state index in [1.807, 2.05) is 0 Å². The lowest BCUT2D eigenvalue weighted by atomic mass is 9.97. The highest BCUT2D eigenvalue weighted by Gasteiger charge is 2.40. The minimum Gasteiger partial charge on any atom is -0.502 e. The number of nitro groups is 1. The number of nitro benzene ring substituents is 1. The number of benzene rings is 1. The molecule has 1 aliphatic heterocycles. The standard InChI is InChI=1S/C12H16N2O6S/c1-8-12(2,5-6-20-8)13-21(18,19)9-3-4-11(15)10(7-9)14(16)17/h3-4,7-8,13,15H,5-6H2,1-2H3. The Morgan fingerprint density at radius 1 is 1.52 bits per heavy atom. The number of nitrogens with zero attached hydrogens (tertiary/aromatic N) is 1. The molecule has 9 heteroatoms. The topological polar surface area (TPSA) is 119 Å². The van der Waals surface area contributed by atoms with Crippen LogP contribution in [0.5, 0.6) is 5.75 Å². The van der Waals surface area contributed by atoms with Gasteiger partial charge in [0.1, 0.15) is 0 Å². The average Bonchev–Trinajstić information content (AvgIpc) is 2.68. The van der Waals surface area contributed by atoms with Crippen molar-refractivity contribution in [1.82, 2.24) is 4.72 Å². The van der Waals surface area contributed by atoms with Crippen LogP contribution in [0.25, 0.3) is 0 Å². The summed E-state index contributed by atoms with van der Waals surface area (Å²) < 4.78 is 32.6. The zero-order chi connectivity index (χ0) is 15.8. The molecule has 1 fully saturated rings. The smallest absolute Gasteiger partial charge is 0.312 e. The molecular weight excluding hydrogens is 300 g/mol. The molecule has 1 aromatic rings. The van der Waals surface area contributed by atoms with Crippen molar-refractivity contribution in [2.24, 2.45) is 0 Å². The molecule has 2 rings (SSSR count). The van der Waals surface area contributed by atoms with Crippen LogP contribution in [-0.4, -0.2) is 36.7 Å². The minimum absolute atomic E-state index is 0.271. The van der Waals surface area contributed by atoms with E-state index in [4.69, 9.17) is 4.74 Å². The Kier molecular flexibility index (Phi) is 3.91. The maximum absolute atomic E-state index is 12.4. The van der Waals surface area contributed by atoms with E-state index in [0.717, 1.165) is 18.2 Å². The summed E-state index contributed by atoms with van der Waals surface area (Å²) in [6.45, 7) is 3.92. The van der Waals surface area contributed by atoms with E-state index in [1.54, 1.807) is 13.8 Å². The van der Waals surface area contributed by atoms with Gasteiger partial charge in [-0.25, -0.2) is 13.1 Å². The second-order valence-corrected chi connectivity index (χ2v) is 6.88. The molecule has 2 unspecified atom stereocenters. The maximum Gasteiger partial charge on any atom is 0.312 e. The molecule has 8 nitrogen and oxygen atoms in total. The highest BCUT2D eigenvalue weighted by Crippen LogP contribution is 2.31. The fraction of sp³-hybridized carbons (Fsp3) is 0.500. The van der Waals surface area contributed by atoms with E-state index in [-0.39, 0.29) is 11.0 Å². The number of ether oxygens (including phenoxy) is 1. The first-order valence-electron chi connectivity index (χ1n) is 6.29. The zero-order valence-electron chi connectivity index (χ0n) is 11.6. The Morgan fingerprint density at radius 2 is 2.19 bits per heavy atom. The molecule has 0 radical (unpaired) electrons. The molecule has 2 N–H and O–H groups in total. The Morgan fingerprint density at radius 3 is 2.71 bits per heavy atom. The van der Waals surface area contributed by atoms with Crippen molar-refractivity contribution in [3.05, 3.63) is 28.3 Å². The van der Waals surface area contributed by atoms with Crippen LogP contribution < -0.4 is 4.72 Å². The third-order valence-corrected chi connectivity index (χ3v) is 5.32. The summed E-state index contributed by atoms with van der Waals surface area (Å²) in [7, 11) is -3.95. The van der Waals surface area contributed by atoms with Gasteiger partial charge in [0.05, 0.1) is 21.5 Å². The summed E-state index contributed by atoms with van der Waals surface area (Å²) >= 11 is 0. The van der Waals surface area contributed by atoms with Crippen molar-refractivity contribution >= 4 is 15.7 Å². The Hall–Kier alpha value is -1.71. The third kappa shape index (κ3) is 2.99. The number of aromatic hydroxyl groups is 1. The fourth-order valence-electron chi connectivity index (χ4n) is 2.15. The molecule has 0 aliphatic carbocycles. The second kappa shape index (κ2) is 5.24. The first kappa shape index (κ1) is 15.7. The molecule has 0 bridgehead atoms. The van der Waals surface area contributed by atoms with Crippen LogP contribution in [-0.2, 0) is 14.8 Å². The first-order chi connectivity index (χ1) is 9.66. The van der Waals surface area contributed by atoms with Crippen LogP contribution in [0.3, 0.4) is 0 Å². The Labute approximate surface area is 121 Å². The number of rotatable bonds is 4. The van der Waals surface area contributed by atoms with Crippen LogP contribution in [0, 0.1) is 10.1 Å². The van der Waals surface area contributed by atoms with Crippen LogP contribution >= 0.6 is 0 Å². The second-order valence-electron chi connectivity index (χ2n) is 5.19. The average molecular weight is 316 g/mol. The van der Waals surface area contributed by atoms with Crippen LogP contribution in [0.1, 0.15) is 20.3 Å². The number of phenols is 1. The maximum atomic E-state index is 12.4. The van der Waals surface area contributed by atoms with Crippen LogP contribution in [0.15, 0.2) is 23.1 Å². The van der Waals surface area contributed by atoms with Crippen molar-refractivity contribution in [3.63, 3.8) is 0 Å². The molecular formula is C12H16N2O6S. The SMILES string of the molecule is CC1OCCC1(C)NS(=O)(=O)c1ccc(O)c([N+](=O)[O-])c1. The van der Waals surface area contributed by atoms with Gasteiger partial charge in [-0.15, -0.1) is 0 Å². The van der Waals surface area contributed by atoms with Gasteiger partial charge in [-0.2, -0.15) is 0 Å². The lowest BCUT2D eigenvalue weighted by Gasteiger charge is -2.28. The summed E-state index contributed by atoms with van der Waals surface area (Å²) in [6.07, 6.45) is 0.201. The Balaban J connectivity index is 2.36. The van der Waals surface area contributed by atoms with E-state index in [2.05, 4.69) is 4.72 Å². The van der Waals surface area contributed by atoms with Crippen molar-refractivity contribution in [2.45, 2.75) is 36.8 Å². The molecule has 116 valence electrons. The molecule has 1 saturated heterocycles. The fourth-order valence-corrected chi connectivity index (χ4v) is 3.67. The summed E-state index contributed by atoms with van der Waals surface area (Å²) in [4.78, 5) is 9.66. The summed E-state index contributed by atoms with van der Waals surface area (Å²) in [5, 5.41) is 20.1. The van der Waals surface area contributed by atoms with Gasteiger partial charge in [0, 0.05) is 12.7 Å². The molecule has 1 heterocycles. The molecule has 0 saturated carbocycles. The van der Waals surface area contributed by atoms with Gasteiger partial charge >= 0.3 is 5.69 Å². The number of phenolic OH excluding ortho intramolecular Hbond substituents is 1. The van der Waals surface area contributed by atoms with Gasteiger partial charge in [0.2, 0.25) is 10.0 Å². The monoisotopic (exact) mass is 316 g/mol. The molecule has 0 aromatic heterocycles. The van der Waals surface area contributed by atoms with Crippen molar-refractivity contribution < 1.29 is 23.2 Å². The molecule has 0 amide bonds. The van der Waals surface area contributed by atoms with Crippen molar-refractivity contribution in [1.29, 1.82) is 0 Å². The van der Waals surface area contributed by atoms with E-state index in [1.165, 1.54) is 0 Å². The van der Waals surface area contributed by atoms with Crippen LogP contribution in [0.4, 0.5) is 5.69 Å². The quantitative estimate of drug-likeness (QED) is 0.635. The number of nitrogens with one attached hydrogen (secondary N) is 1. The highest BCUT2D eigenvalue weighted by atomic mass is 32.2. The van der Waals surface area contributed by atoms with Crippen molar-refractivity contribution in [3.8, 4) is 5.75 Å². The lowest BCUT2D eigenvalue weighted by Crippen LogP contribution is -2.50. The van der Waals surface area contributed by atoms with Gasteiger partial charge in [0.25, 0.3) is 0 Å². The molecule has 1 aliphatic rings. The van der Waals surface area contributed by atoms with E-state index in [9.17, 15) is 23.6 Å².